The van der Waals surface area contributed by atoms with Gasteiger partial charge in [-0.05, 0) is 69.7 Å². The van der Waals surface area contributed by atoms with Crippen molar-refractivity contribution in [3.8, 4) is 0 Å². The molecule has 4 atom stereocenters. The summed E-state index contributed by atoms with van der Waals surface area (Å²) < 4.78 is 0. The summed E-state index contributed by atoms with van der Waals surface area (Å²) in [5.41, 5.74) is 6.66. The third-order valence-electron chi connectivity index (χ3n) is 6.51. The second-order valence-corrected chi connectivity index (χ2v) is 7.68. The quantitative estimate of drug-likeness (QED) is 0.846. The second-order valence-electron chi connectivity index (χ2n) is 7.68. The van der Waals surface area contributed by atoms with Crippen molar-refractivity contribution in [2.75, 3.05) is 13.1 Å². The maximum absolute atomic E-state index is 6.32. The van der Waals surface area contributed by atoms with Crippen molar-refractivity contribution in [2.24, 2.45) is 23.5 Å². The number of nitrogens with zero attached hydrogens (tertiary/aromatic N) is 1. The molecule has 0 aromatic rings. The van der Waals surface area contributed by atoms with Gasteiger partial charge in [-0.25, -0.2) is 0 Å². The van der Waals surface area contributed by atoms with Crippen molar-refractivity contribution in [1.82, 2.24) is 4.90 Å². The van der Waals surface area contributed by atoms with E-state index in [4.69, 9.17) is 5.73 Å². The first-order valence-corrected chi connectivity index (χ1v) is 8.63. The van der Waals surface area contributed by atoms with Gasteiger partial charge in [0.25, 0.3) is 0 Å². The number of hydrogen-bond acceptors (Lipinski definition) is 2. The first kappa shape index (κ1) is 13.9. The molecule has 0 radical (unpaired) electrons. The first-order chi connectivity index (χ1) is 9.16. The number of likely N-dealkylation sites (tertiary alicyclic amines) is 1. The Morgan fingerprint density at radius 3 is 2.53 bits per heavy atom. The van der Waals surface area contributed by atoms with Crippen molar-refractivity contribution >= 4 is 0 Å². The largest absolute Gasteiger partial charge is 0.329 e. The van der Waals surface area contributed by atoms with E-state index in [9.17, 15) is 0 Å². The highest BCUT2D eigenvalue weighted by molar-refractivity contribution is 5.02. The monoisotopic (exact) mass is 264 g/mol. The van der Waals surface area contributed by atoms with Crippen molar-refractivity contribution in [3.63, 3.8) is 0 Å². The highest BCUT2D eigenvalue weighted by Gasteiger charge is 2.46. The summed E-state index contributed by atoms with van der Waals surface area (Å²) >= 11 is 0. The molecule has 4 unspecified atom stereocenters. The van der Waals surface area contributed by atoms with Gasteiger partial charge in [0.15, 0.2) is 0 Å². The zero-order valence-corrected chi connectivity index (χ0v) is 12.9. The highest BCUT2D eigenvalue weighted by atomic mass is 15.2. The molecule has 3 fully saturated rings. The molecule has 1 aliphatic heterocycles. The number of piperidine rings is 1. The summed E-state index contributed by atoms with van der Waals surface area (Å²) in [5, 5.41) is 0. The fourth-order valence-corrected chi connectivity index (χ4v) is 4.92. The Morgan fingerprint density at radius 2 is 1.84 bits per heavy atom. The Balaban J connectivity index is 1.76. The fraction of sp³-hybridized carbons (Fsp3) is 1.00. The van der Waals surface area contributed by atoms with E-state index in [2.05, 4.69) is 18.7 Å². The maximum atomic E-state index is 6.32. The van der Waals surface area contributed by atoms with E-state index in [1.807, 2.05) is 0 Å². The van der Waals surface area contributed by atoms with Crippen LogP contribution in [-0.4, -0.2) is 29.6 Å². The van der Waals surface area contributed by atoms with Crippen LogP contribution in [-0.2, 0) is 0 Å². The topological polar surface area (TPSA) is 29.3 Å². The lowest BCUT2D eigenvalue weighted by Crippen LogP contribution is -2.62. The molecule has 0 spiro atoms. The minimum absolute atomic E-state index is 0.347. The van der Waals surface area contributed by atoms with E-state index < -0.39 is 0 Å². The predicted octanol–water partition coefficient (Wildman–Crippen LogP) is 3.40. The standard InChI is InChI=1S/C17H32N2/c1-13-5-4-10-19(14(13)2)17(12-18)9-3-6-16(11-17)15-7-8-15/h13-16H,3-12,18H2,1-2H3. The summed E-state index contributed by atoms with van der Waals surface area (Å²) in [6.45, 7) is 7.05. The molecule has 110 valence electrons. The molecule has 2 aliphatic carbocycles. The minimum atomic E-state index is 0.347. The van der Waals surface area contributed by atoms with E-state index >= 15 is 0 Å². The molecule has 19 heavy (non-hydrogen) atoms. The third kappa shape index (κ3) is 2.58. The Kier molecular flexibility index (Phi) is 3.92. The molecule has 1 heterocycles. The average Bonchev–Trinajstić information content (AvgIpc) is 3.26. The Hall–Kier alpha value is -0.0800. The summed E-state index contributed by atoms with van der Waals surface area (Å²) in [6.07, 6.45) is 11.4. The molecule has 2 heteroatoms. The van der Waals surface area contributed by atoms with Gasteiger partial charge in [-0.15, -0.1) is 0 Å². The van der Waals surface area contributed by atoms with Gasteiger partial charge < -0.3 is 5.73 Å². The van der Waals surface area contributed by atoms with Gasteiger partial charge in [0.05, 0.1) is 0 Å². The summed E-state index contributed by atoms with van der Waals surface area (Å²) in [6, 6.07) is 0.732. The fourth-order valence-electron chi connectivity index (χ4n) is 4.92. The van der Waals surface area contributed by atoms with Gasteiger partial charge >= 0.3 is 0 Å². The maximum Gasteiger partial charge on any atom is 0.0337 e. The Bertz CT molecular complexity index is 312. The molecule has 0 aromatic carbocycles. The second kappa shape index (κ2) is 5.37. The Morgan fingerprint density at radius 1 is 1.05 bits per heavy atom. The van der Waals surface area contributed by atoms with Crippen LogP contribution in [0.5, 0.6) is 0 Å². The number of rotatable bonds is 3. The van der Waals surface area contributed by atoms with Gasteiger partial charge in [0, 0.05) is 18.1 Å². The van der Waals surface area contributed by atoms with Crippen LogP contribution < -0.4 is 5.73 Å². The van der Waals surface area contributed by atoms with Crippen LogP contribution in [0.4, 0.5) is 0 Å². The van der Waals surface area contributed by atoms with E-state index in [1.165, 1.54) is 57.9 Å². The molecule has 2 saturated carbocycles. The first-order valence-electron chi connectivity index (χ1n) is 8.63. The van der Waals surface area contributed by atoms with E-state index in [0.717, 1.165) is 30.3 Å². The Labute approximate surface area is 119 Å². The minimum Gasteiger partial charge on any atom is -0.329 e. The average molecular weight is 264 g/mol. The van der Waals surface area contributed by atoms with E-state index in [0.29, 0.717) is 5.54 Å². The van der Waals surface area contributed by atoms with Gasteiger partial charge in [-0.2, -0.15) is 0 Å². The van der Waals surface area contributed by atoms with Crippen molar-refractivity contribution in [1.29, 1.82) is 0 Å². The molecule has 2 nitrogen and oxygen atoms in total. The molecule has 3 rings (SSSR count). The smallest absolute Gasteiger partial charge is 0.0337 e. The lowest BCUT2D eigenvalue weighted by molar-refractivity contribution is -0.0322. The van der Waals surface area contributed by atoms with Gasteiger partial charge in [0.2, 0.25) is 0 Å². The molecule has 0 bridgehead atoms. The van der Waals surface area contributed by atoms with Crippen LogP contribution in [0.3, 0.4) is 0 Å². The van der Waals surface area contributed by atoms with Crippen molar-refractivity contribution in [2.45, 2.75) is 76.8 Å². The lowest BCUT2D eigenvalue weighted by Gasteiger charge is -2.54. The number of nitrogens with two attached hydrogens (primary N) is 1. The van der Waals surface area contributed by atoms with Crippen molar-refractivity contribution < 1.29 is 0 Å². The van der Waals surface area contributed by atoms with Crippen LogP contribution in [0, 0.1) is 17.8 Å². The molecule has 3 aliphatic rings. The van der Waals surface area contributed by atoms with Gasteiger partial charge in [0.1, 0.15) is 0 Å². The summed E-state index contributed by atoms with van der Waals surface area (Å²) in [4.78, 5) is 2.83. The van der Waals surface area contributed by atoms with Crippen LogP contribution in [0.2, 0.25) is 0 Å². The van der Waals surface area contributed by atoms with Crippen LogP contribution in [0.25, 0.3) is 0 Å². The molecular weight excluding hydrogens is 232 g/mol. The van der Waals surface area contributed by atoms with E-state index in [-0.39, 0.29) is 0 Å². The third-order valence-corrected chi connectivity index (χ3v) is 6.51. The molecule has 0 aromatic heterocycles. The lowest BCUT2D eigenvalue weighted by atomic mass is 9.71. The van der Waals surface area contributed by atoms with E-state index in [1.54, 1.807) is 0 Å². The number of hydrogen-bond donors (Lipinski definition) is 1. The molecule has 1 saturated heterocycles. The highest BCUT2D eigenvalue weighted by Crippen LogP contribution is 2.49. The zero-order valence-electron chi connectivity index (χ0n) is 12.9. The normalized spacial score (nSPS) is 45.3. The van der Waals surface area contributed by atoms with Crippen LogP contribution >= 0.6 is 0 Å². The molecule has 0 amide bonds. The zero-order chi connectivity index (χ0) is 13.5. The summed E-state index contributed by atoms with van der Waals surface area (Å²) in [5.74, 6) is 2.89. The molecular formula is C17H32N2. The predicted molar refractivity (Wildman–Crippen MR) is 81.0 cm³/mol. The van der Waals surface area contributed by atoms with Gasteiger partial charge in [-0.1, -0.05) is 19.8 Å². The summed E-state index contributed by atoms with van der Waals surface area (Å²) in [7, 11) is 0. The van der Waals surface area contributed by atoms with Crippen molar-refractivity contribution in [3.05, 3.63) is 0 Å². The van der Waals surface area contributed by atoms with Crippen LogP contribution in [0.15, 0.2) is 0 Å². The van der Waals surface area contributed by atoms with Crippen LogP contribution in [0.1, 0.15) is 65.2 Å². The molecule has 2 N–H and O–H groups in total. The van der Waals surface area contributed by atoms with Gasteiger partial charge in [-0.3, -0.25) is 4.90 Å². The SMILES string of the molecule is CC1CCCN(C2(CN)CCCC(C3CC3)C2)C1C.